The van der Waals surface area contributed by atoms with Crippen molar-refractivity contribution in [2.24, 2.45) is 0 Å². The fourth-order valence-electron chi connectivity index (χ4n) is 2.15. The van der Waals surface area contributed by atoms with E-state index in [0.717, 1.165) is 31.4 Å². The maximum atomic E-state index is 6.19. The van der Waals surface area contributed by atoms with Crippen molar-refractivity contribution in [3.05, 3.63) is 53.9 Å². The number of unbranched alkanes of at least 4 members (excludes halogenated alkanes) is 1. The summed E-state index contributed by atoms with van der Waals surface area (Å²) < 4.78 is 2.01. The van der Waals surface area contributed by atoms with Gasteiger partial charge in [0.2, 0.25) is 0 Å². The second-order valence-electron chi connectivity index (χ2n) is 4.86. The lowest BCUT2D eigenvalue weighted by atomic mass is 10.1. The van der Waals surface area contributed by atoms with Gasteiger partial charge in [-0.2, -0.15) is 5.10 Å². The predicted molar refractivity (Wildman–Crippen MR) is 80.5 cm³/mol. The third-order valence-electron chi connectivity index (χ3n) is 3.32. The van der Waals surface area contributed by atoms with E-state index in [0.29, 0.717) is 0 Å². The molecule has 1 aromatic carbocycles. The second-order valence-corrected chi connectivity index (χ2v) is 5.38. The Labute approximate surface area is 120 Å². The number of halogens is 1. The standard InChI is InChI=1S/C16H21ClN2/c1-2-16(17)15-12-18-19(13-15)11-7-6-10-14-8-4-3-5-9-14/h3-5,8-9,12-13,16H,2,6-7,10-11H2,1H3. The molecule has 3 heteroatoms. The molecule has 1 unspecified atom stereocenters. The molecule has 0 radical (unpaired) electrons. The summed E-state index contributed by atoms with van der Waals surface area (Å²) in [6.45, 7) is 3.06. The molecule has 102 valence electrons. The zero-order chi connectivity index (χ0) is 13.5. The van der Waals surface area contributed by atoms with E-state index in [2.05, 4.69) is 48.6 Å². The normalized spacial score (nSPS) is 12.5. The second kappa shape index (κ2) is 7.34. The van der Waals surface area contributed by atoms with Gasteiger partial charge in [-0.15, -0.1) is 11.6 Å². The molecule has 0 amide bonds. The summed E-state index contributed by atoms with van der Waals surface area (Å²) in [4.78, 5) is 0. The van der Waals surface area contributed by atoms with Crippen molar-refractivity contribution in [2.45, 2.75) is 44.5 Å². The Hall–Kier alpha value is -1.28. The van der Waals surface area contributed by atoms with Gasteiger partial charge < -0.3 is 0 Å². The van der Waals surface area contributed by atoms with Crippen LogP contribution in [0.15, 0.2) is 42.7 Å². The number of hydrogen-bond acceptors (Lipinski definition) is 1. The largest absolute Gasteiger partial charge is 0.272 e. The Kier molecular flexibility index (Phi) is 5.46. The average Bonchev–Trinajstić information content (AvgIpc) is 2.93. The number of nitrogens with zero attached hydrogens (tertiary/aromatic N) is 2. The molecule has 2 nitrogen and oxygen atoms in total. The van der Waals surface area contributed by atoms with Crippen LogP contribution in [0.25, 0.3) is 0 Å². The van der Waals surface area contributed by atoms with E-state index >= 15 is 0 Å². The van der Waals surface area contributed by atoms with Gasteiger partial charge in [-0.1, -0.05) is 37.3 Å². The number of alkyl halides is 1. The number of hydrogen-bond donors (Lipinski definition) is 0. The van der Waals surface area contributed by atoms with Crippen molar-refractivity contribution in [3.8, 4) is 0 Å². The van der Waals surface area contributed by atoms with Crippen LogP contribution < -0.4 is 0 Å². The van der Waals surface area contributed by atoms with Crippen LogP contribution in [0.3, 0.4) is 0 Å². The van der Waals surface area contributed by atoms with Crippen LogP contribution in [0.4, 0.5) is 0 Å². The van der Waals surface area contributed by atoms with E-state index in [9.17, 15) is 0 Å². The van der Waals surface area contributed by atoms with Crippen LogP contribution in [0.1, 0.15) is 42.7 Å². The van der Waals surface area contributed by atoms with E-state index in [1.165, 1.54) is 12.0 Å². The molecule has 0 bridgehead atoms. The number of benzene rings is 1. The molecule has 2 aromatic rings. The van der Waals surface area contributed by atoms with Crippen molar-refractivity contribution in [1.29, 1.82) is 0 Å². The highest BCUT2D eigenvalue weighted by Crippen LogP contribution is 2.22. The molecular formula is C16H21ClN2. The van der Waals surface area contributed by atoms with Gasteiger partial charge in [-0.25, -0.2) is 0 Å². The smallest absolute Gasteiger partial charge is 0.0613 e. The molecule has 0 saturated carbocycles. The fraction of sp³-hybridized carbons (Fsp3) is 0.438. The summed E-state index contributed by atoms with van der Waals surface area (Å²) in [6, 6.07) is 10.6. The summed E-state index contributed by atoms with van der Waals surface area (Å²) in [5.41, 5.74) is 2.54. The molecule has 1 aromatic heterocycles. The number of rotatable bonds is 7. The van der Waals surface area contributed by atoms with Crippen LogP contribution in [0.2, 0.25) is 0 Å². The predicted octanol–water partition coefficient (Wildman–Crippen LogP) is 4.60. The molecule has 0 fully saturated rings. The highest BCUT2D eigenvalue weighted by atomic mass is 35.5. The summed E-state index contributed by atoms with van der Waals surface area (Å²) in [5, 5.41) is 4.46. The summed E-state index contributed by atoms with van der Waals surface area (Å²) >= 11 is 6.19. The minimum atomic E-state index is 0.0954. The third kappa shape index (κ3) is 4.39. The SMILES string of the molecule is CCC(Cl)c1cnn(CCCCc2ccccc2)c1. The van der Waals surface area contributed by atoms with Gasteiger partial charge in [0.1, 0.15) is 0 Å². The van der Waals surface area contributed by atoms with Crippen molar-refractivity contribution >= 4 is 11.6 Å². The minimum absolute atomic E-state index is 0.0954. The molecule has 0 aliphatic carbocycles. The van der Waals surface area contributed by atoms with E-state index in [1.807, 2.05) is 10.9 Å². The zero-order valence-electron chi connectivity index (χ0n) is 11.4. The van der Waals surface area contributed by atoms with Crippen LogP contribution >= 0.6 is 11.6 Å². The van der Waals surface area contributed by atoms with E-state index in [4.69, 9.17) is 11.6 Å². The van der Waals surface area contributed by atoms with Crippen LogP contribution in [-0.2, 0) is 13.0 Å². The highest BCUT2D eigenvalue weighted by Gasteiger charge is 2.07. The molecule has 0 saturated heterocycles. The molecule has 2 rings (SSSR count). The lowest BCUT2D eigenvalue weighted by Crippen LogP contribution is -1.99. The molecule has 19 heavy (non-hydrogen) atoms. The Morgan fingerprint density at radius 1 is 1.21 bits per heavy atom. The fourth-order valence-corrected chi connectivity index (χ4v) is 2.26. The number of aryl methyl sites for hydroxylation is 2. The summed E-state index contributed by atoms with van der Waals surface area (Å²) in [5.74, 6) is 0. The maximum Gasteiger partial charge on any atom is 0.0613 e. The van der Waals surface area contributed by atoms with Crippen LogP contribution in [0, 0.1) is 0 Å². The third-order valence-corrected chi connectivity index (χ3v) is 3.88. The van der Waals surface area contributed by atoms with Crippen molar-refractivity contribution in [2.75, 3.05) is 0 Å². The van der Waals surface area contributed by atoms with Crippen molar-refractivity contribution < 1.29 is 0 Å². The molecule has 0 spiro atoms. The van der Waals surface area contributed by atoms with Crippen molar-refractivity contribution in [1.82, 2.24) is 9.78 Å². The molecule has 0 aliphatic rings. The first-order valence-electron chi connectivity index (χ1n) is 7.00. The molecular weight excluding hydrogens is 256 g/mol. The molecule has 1 atom stereocenters. The van der Waals surface area contributed by atoms with Gasteiger partial charge in [0, 0.05) is 18.3 Å². The topological polar surface area (TPSA) is 17.8 Å². The van der Waals surface area contributed by atoms with E-state index in [1.54, 1.807) is 0 Å². The molecule has 1 heterocycles. The van der Waals surface area contributed by atoms with Crippen molar-refractivity contribution in [3.63, 3.8) is 0 Å². The number of aromatic nitrogens is 2. The minimum Gasteiger partial charge on any atom is -0.272 e. The summed E-state index contributed by atoms with van der Waals surface area (Å²) in [6.07, 6.45) is 8.39. The Bertz CT molecular complexity index is 479. The monoisotopic (exact) mass is 276 g/mol. The van der Waals surface area contributed by atoms with Gasteiger partial charge >= 0.3 is 0 Å². The lowest BCUT2D eigenvalue weighted by Gasteiger charge is -2.03. The van der Waals surface area contributed by atoms with Gasteiger partial charge in [-0.05, 0) is 31.2 Å². The first-order chi connectivity index (χ1) is 9.29. The zero-order valence-corrected chi connectivity index (χ0v) is 12.2. The van der Waals surface area contributed by atoms with Gasteiger partial charge in [-0.3, -0.25) is 4.68 Å². The summed E-state index contributed by atoms with van der Waals surface area (Å²) in [7, 11) is 0. The maximum absolute atomic E-state index is 6.19. The molecule has 0 N–H and O–H groups in total. The Morgan fingerprint density at radius 3 is 2.74 bits per heavy atom. The lowest BCUT2D eigenvalue weighted by molar-refractivity contribution is 0.557. The first-order valence-corrected chi connectivity index (χ1v) is 7.43. The highest BCUT2D eigenvalue weighted by molar-refractivity contribution is 6.20. The Morgan fingerprint density at radius 2 is 2.00 bits per heavy atom. The van der Waals surface area contributed by atoms with Gasteiger partial charge in [0.15, 0.2) is 0 Å². The van der Waals surface area contributed by atoms with Gasteiger partial charge in [0.25, 0.3) is 0 Å². The quantitative estimate of drug-likeness (QED) is 0.534. The van der Waals surface area contributed by atoms with E-state index in [-0.39, 0.29) is 5.38 Å². The van der Waals surface area contributed by atoms with Gasteiger partial charge in [0.05, 0.1) is 11.6 Å². The van der Waals surface area contributed by atoms with E-state index < -0.39 is 0 Å². The first kappa shape index (κ1) is 14.1. The Balaban J connectivity index is 1.72. The van der Waals surface area contributed by atoms with Crippen LogP contribution in [0.5, 0.6) is 0 Å². The average molecular weight is 277 g/mol. The molecule has 0 aliphatic heterocycles. The van der Waals surface area contributed by atoms with Crippen LogP contribution in [-0.4, -0.2) is 9.78 Å².